The van der Waals surface area contributed by atoms with Crippen molar-refractivity contribution in [3.8, 4) is 0 Å². The van der Waals surface area contributed by atoms with Gasteiger partial charge in [-0.25, -0.2) is 4.98 Å². The van der Waals surface area contributed by atoms with E-state index in [0.717, 1.165) is 24.8 Å². The number of fused-ring (bicyclic) bond motifs is 2. The summed E-state index contributed by atoms with van der Waals surface area (Å²) in [5, 5.41) is 3.33. The van der Waals surface area contributed by atoms with Crippen LogP contribution in [-0.4, -0.2) is 38.8 Å². The largest absolute Gasteiger partial charge is 0.350 e. The highest BCUT2D eigenvalue weighted by molar-refractivity contribution is 6.30. The highest BCUT2D eigenvalue weighted by atomic mass is 35.5. The van der Waals surface area contributed by atoms with E-state index in [0.29, 0.717) is 17.3 Å². The predicted molar refractivity (Wildman–Crippen MR) is 101 cm³/mol. The van der Waals surface area contributed by atoms with Gasteiger partial charge in [0.1, 0.15) is 11.2 Å². The van der Waals surface area contributed by atoms with Crippen molar-refractivity contribution in [1.82, 2.24) is 20.2 Å². The number of aromatic nitrogens is 2. The fraction of sp³-hybridized carbons (Fsp3) is 0.400. The van der Waals surface area contributed by atoms with Gasteiger partial charge in [-0.2, -0.15) is 0 Å². The minimum atomic E-state index is -0.395. The van der Waals surface area contributed by atoms with Crippen LogP contribution in [0, 0.1) is 5.92 Å². The molecule has 0 aromatic carbocycles. The molecule has 7 heteroatoms. The number of halogens is 1. The van der Waals surface area contributed by atoms with Crippen LogP contribution < -0.4 is 5.32 Å². The minimum absolute atomic E-state index is 0.0545. The summed E-state index contributed by atoms with van der Waals surface area (Å²) in [7, 11) is 0. The third kappa shape index (κ3) is 3.67. The van der Waals surface area contributed by atoms with Gasteiger partial charge in [0.25, 0.3) is 0 Å². The van der Waals surface area contributed by atoms with Gasteiger partial charge in [0.05, 0.1) is 6.42 Å². The molecule has 2 fully saturated rings. The van der Waals surface area contributed by atoms with Crippen molar-refractivity contribution in [2.75, 3.05) is 0 Å². The number of carbonyl (C=O) groups excluding carboxylic acids is 2. The Balaban J connectivity index is 1.46. The van der Waals surface area contributed by atoms with Crippen molar-refractivity contribution in [2.45, 2.75) is 44.3 Å². The summed E-state index contributed by atoms with van der Waals surface area (Å²) >= 11 is 6.10. The number of likely N-dealkylation sites (tertiary alicyclic amines) is 1. The average molecular weight is 385 g/mol. The first kappa shape index (κ1) is 17.9. The number of pyridine rings is 2. The third-order valence-corrected chi connectivity index (χ3v) is 5.88. The van der Waals surface area contributed by atoms with E-state index in [1.165, 1.54) is 0 Å². The standard InChI is InChI=1S/C20H21ClN4O2/c21-19-15(2-1-7-23-19)11-17(26)25-16-4-3-14(10-16)18(25)20(27)24-12-13-5-8-22-9-6-13/h1-2,5-9,14,16,18H,3-4,10-12H2,(H,24,27). The monoisotopic (exact) mass is 384 g/mol. The third-order valence-electron chi connectivity index (χ3n) is 5.54. The predicted octanol–water partition coefficient (Wildman–Crippen LogP) is 2.37. The van der Waals surface area contributed by atoms with E-state index in [1.807, 2.05) is 12.1 Å². The van der Waals surface area contributed by atoms with Crippen molar-refractivity contribution in [3.05, 3.63) is 59.1 Å². The maximum absolute atomic E-state index is 13.0. The zero-order valence-corrected chi connectivity index (χ0v) is 15.6. The summed E-state index contributed by atoms with van der Waals surface area (Å²) in [6, 6.07) is 7.06. The van der Waals surface area contributed by atoms with Gasteiger partial charge < -0.3 is 10.2 Å². The van der Waals surface area contributed by atoms with Gasteiger partial charge in [-0.3, -0.25) is 14.6 Å². The van der Waals surface area contributed by atoms with Crippen molar-refractivity contribution in [1.29, 1.82) is 0 Å². The van der Waals surface area contributed by atoms with Crippen LogP contribution in [-0.2, 0) is 22.6 Å². The number of hydrogen-bond acceptors (Lipinski definition) is 4. The van der Waals surface area contributed by atoms with Crippen molar-refractivity contribution >= 4 is 23.4 Å². The Labute approximate surface area is 163 Å². The molecule has 1 saturated carbocycles. The summed E-state index contributed by atoms with van der Waals surface area (Å²) in [4.78, 5) is 35.7. The molecular formula is C20H21ClN4O2. The highest BCUT2D eigenvalue weighted by Crippen LogP contribution is 2.42. The highest BCUT2D eigenvalue weighted by Gasteiger charge is 2.50. The fourth-order valence-electron chi connectivity index (χ4n) is 4.28. The molecule has 2 bridgehead atoms. The molecule has 2 aromatic heterocycles. The Kier molecular flexibility index (Phi) is 5.07. The molecular weight excluding hydrogens is 364 g/mol. The molecule has 2 aliphatic rings. The molecule has 140 valence electrons. The molecule has 6 nitrogen and oxygen atoms in total. The van der Waals surface area contributed by atoms with Crippen LogP contribution in [0.25, 0.3) is 0 Å². The number of carbonyl (C=O) groups is 2. The van der Waals surface area contributed by atoms with Gasteiger partial charge in [0.2, 0.25) is 11.8 Å². The van der Waals surface area contributed by atoms with Crippen LogP contribution in [0.1, 0.15) is 30.4 Å². The fourth-order valence-corrected chi connectivity index (χ4v) is 4.47. The van der Waals surface area contributed by atoms with Crippen LogP contribution in [0.15, 0.2) is 42.9 Å². The Hall–Kier alpha value is -2.47. The van der Waals surface area contributed by atoms with Gasteiger partial charge >= 0.3 is 0 Å². The summed E-state index contributed by atoms with van der Waals surface area (Å²) in [6.45, 7) is 0.436. The van der Waals surface area contributed by atoms with Crippen LogP contribution in [0.5, 0.6) is 0 Å². The van der Waals surface area contributed by atoms with E-state index in [2.05, 4.69) is 15.3 Å². The smallest absolute Gasteiger partial charge is 0.243 e. The first-order valence-corrected chi connectivity index (χ1v) is 9.58. The molecule has 2 aromatic rings. The number of hydrogen-bond donors (Lipinski definition) is 1. The van der Waals surface area contributed by atoms with Gasteiger partial charge in [-0.1, -0.05) is 17.7 Å². The molecule has 0 spiro atoms. The first-order chi connectivity index (χ1) is 13.1. The zero-order chi connectivity index (χ0) is 18.8. The van der Waals surface area contributed by atoms with E-state index in [-0.39, 0.29) is 30.2 Å². The minimum Gasteiger partial charge on any atom is -0.350 e. The normalized spacial score (nSPS) is 23.4. The number of piperidine rings is 1. The van der Waals surface area contributed by atoms with Gasteiger partial charge in [0.15, 0.2) is 0 Å². The molecule has 1 saturated heterocycles. The number of rotatable bonds is 5. The first-order valence-electron chi connectivity index (χ1n) is 9.20. The van der Waals surface area contributed by atoms with Crippen molar-refractivity contribution < 1.29 is 9.59 Å². The quantitative estimate of drug-likeness (QED) is 0.803. The lowest BCUT2D eigenvalue weighted by atomic mass is 9.97. The summed E-state index contributed by atoms with van der Waals surface area (Å²) in [5.74, 6) is 0.103. The summed E-state index contributed by atoms with van der Waals surface area (Å²) in [6.07, 6.45) is 8.03. The molecule has 1 N–H and O–H groups in total. The molecule has 1 aliphatic carbocycles. The molecule has 0 radical (unpaired) electrons. The zero-order valence-electron chi connectivity index (χ0n) is 14.8. The second-order valence-corrected chi connectivity index (χ2v) is 7.53. The van der Waals surface area contributed by atoms with E-state index < -0.39 is 6.04 Å². The number of nitrogens with zero attached hydrogens (tertiary/aromatic N) is 3. The van der Waals surface area contributed by atoms with Gasteiger partial charge in [-0.15, -0.1) is 0 Å². The molecule has 1 aliphatic heterocycles. The average Bonchev–Trinajstić information content (AvgIpc) is 3.30. The van der Waals surface area contributed by atoms with E-state index in [4.69, 9.17) is 11.6 Å². The topological polar surface area (TPSA) is 75.2 Å². The molecule has 3 atom stereocenters. The van der Waals surface area contributed by atoms with E-state index >= 15 is 0 Å². The maximum atomic E-state index is 13.0. The van der Waals surface area contributed by atoms with Crippen LogP contribution in [0.2, 0.25) is 5.15 Å². The van der Waals surface area contributed by atoms with Crippen LogP contribution in [0.3, 0.4) is 0 Å². The van der Waals surface area contributed by atoms with Crippen LogP contribution >= 0.6 is 11.6 Å². The Morgan fingerprint density at radius 3 is 2.78 bits per heavy atom. The Bertz CT molecular complexity index is 845. The SMILES string of the molecule is O=C(NCc1ccncc1)C1C2CCC(C2)N1C(=O)Cc1cccnc1Cl. The van der Waals surface area contributed by atoms with E-state index in [9.17, 15) is 9.59 Å². The second-order valence-electron chi connectivity index (χ2n) is 7.18. The lowest BCUT2D eigenvalue weighted by Crippen LogP contribution is -2.53. The molecule has 2 amide bonds. The van der Waals surface area contributed by atoms with Crippen molar-refractivity contribution in [2.24, 2.45) is 5.92 Å². The van der Waals surface area contributed by atoms with Gasteiger partial charge in [-0.05, 0) is 54.5 Å². The summed E-state index contributed by atoms with van der Waals surface area (Å²) < 4.78 is 0. The Morgan fingerprint density at radius 2 is 2.00 bits per heavy atom. The van der Waals surface area contributed by atoms with Crippen LogP contribution in [0.4, 0.5) is 0 Å². The molecule has 3 unspecified atom stereocenters. The summed E-state index contributed by atoms with van der Waals surface area (Å²) in [5.41, 5.74) is 1.68. The lowest BCUT2D eigenvalue weighted by Gasteiger charge is -2.34. The van der Waals surface area contributed by atoms with Gasteiger partial charge in [0, 0.05) is 31.2 Å². The number of nitrogens with one attached hydrogen (secondary N) is 1. The molecule has 27 heavy (non-hydrogen) atoms. The lowest BCUT2D eigenvalue weighted by molar-refractivity contribution is -0.142. The Morgan fingerprint density at radius 1 is 1.19 bits per heavy atom. The number of amides is 2. The maximum Gasteiger partial charge on any atom is 0.243 e. The second kappa shape index (κ2) is 7.64. The van der Waals surface area contributed by atoms with Crippen molar-refractivity contribution in [3.63, 3.8) is 0 Å². The van der Waals surface area contributed by atoms with E-state index in [1.54, 1.807) is 35.6 Å². The molecule has 4 rings (SSSR count). The molecule has 3 heterocycles.